The van der Waals surface area contributed by atoms with Crippen molar-refractivity contribution in [2.45, 2.75) is 0 Å². The van der Waals surface area contributed by atoms with Crippen LogP contribution in [0.15, 0.2) is 46.9 Å². The number of nitrogens with zero attached hydrogens (tertiary/aromatic N) is 2. The van der Waals surface area contributed by atoms with Gasteiger partial charge in [-0.25, -0.2) is 0 Å². The largest absolute Gasteiger partial charge is 0.497 e. The van der Waals surface area contributed by atoms with Crippen LogP contribution in [0.25, 0.3) is 0 Å². The molecule has 0 spiro atoms. The molecule has 22 heavy (non-hydrogen) atoms. The second kappa shape index (κ2) is 6.48. The molecule has 5 heteroatoms. The molecule has 0 aliphatic carbocycles. The molecule has 0 bridgehead atoms. The summed E-state index contributed by atoms with van der Waals surface area (Å²) in [5.41, 5.74) is 9.32. The summed E-state index contributed by atoms with van der Waals surface area (Å²) in [7, 11) is 1.69. The summed E-state index contributed by atoms with van der Waals surface area (Å²) in [6.07, 6.45) is 0. The summed E-state index contributed by atoms with van der Waals surface area (Å²) in [5.74, 6) is 0.894. The predicted molar refractivity (Wildman–Crippen MR) is 96.0 cm³/mol. The van der Waals surface area contributed by atoms with Gasteiger partial charge >= 0.3 is 0 Å². The molecule has 2 aromatic carbocycles. The van der Waals surface area contributed by atoms with Crippen molar-refractivity contribution < 1.29 is 4.74 Å². The number of halogens is 1. The van der Waals surface area contributed by atoms with Gasteiger partial charge in [-0.3, -0.25) is 0 Å². The molecular weight excluding hydrogens is 342 g/mol. The molecule has 1 aliphatic rings. The number of hydrogen-bond acceptors (Lipinski definition) is 4. The number of hydrogen-bond donors (Lipinski definition) is 1. The van der Waals surface area contributed by atoms with E-state index in [0.29, 0.717) is 0 Å². The third-order valence-corrected chi connectivity index (χ3v) is 4.54. The average Bonchev–Trinajstić information content (AvgIpc) is 2.55. The van der Waals surface area contributed by atoms with Crippen molar-refractivity contribution >= 4 is 33.0 Å². The van der Waals surface area contributed by atoms with Gasteiger partial charge in [-0.15, -0.1) is 0 Å². The number of methoxy groups -OCH3 is 1. The molecule has 0 aromatic heterocycles. The minimum absolute atomic E-state index is 0.826. The Kier molecular flexibility index (Phi) is 4.43. The minimum atomic E-state index is 0.826. The highest BCUT2D eigenvalue weighted by atomic mass is 79.9. The minimum Gasteiger partial charge on any atom is -0.497 e. The lowest BCUT2D eigenvalue weighted by Gasteiger charge is -2.37. The van der Waals surface area contributed by atoms with Gasteiger partial charge in [-0.2, -0.15) is 0 Å². The number of ether oxygens (including phenoxy) is 1. The van der Waals surface area contributed by atoms with Gasteiger partial charge in [0.2, 0.25) is 0 Å². The van der Waals surface area contributed by atoms with Crippen LogP contribution >= 0.6 is 15.9 Å². The van der Waals surface area contributed by atoms with Gasteiger partial charge in [0.15, 0.2) is 0 Å². The first kappa shape index (κ1) is 15.0. The molecule has 2 aromatic rings. The number of piperazine rings is 1. The van der Waals surface area contributed by atoms with E-state index in [9.17, 15) is 0 Å². The van der Waals surface area contributed by atoms with Gasteiger partial charge in [0.1, 0.15) is 5.75 Å². The number of benzene rings is 2. The van der Waals surface area contributed by atoms with E-state index in [-0.39, 0.29) is 0 Å². The van der Waals surface area contributed by atoms with Crippen LogP contribution in [0.5, 0.6) is 5.75 Å². The highest BCUT2D eigenvalue weighted by molar-refractivity contribution is 9.10. The Morgan fingerprint density at radius 3 is 2.18 bits per heavy atom. The van der Waals surface area contributed by atoms with Gasteiger partial charge < -0.3 is 20.3 Å². The van der Waals surface area contributed by atoms with Crippen molar-refractivity contribution in [2.24, 2.45) is 0 Å². The zero-order chi connectivity index (χ0) is 15.5. The van der Waals surface area contributed by atoms with Crippen molar-refractivity contribution in [1.29, 1.82) is 0 Å². The monoisotopic (exact) mass is 361 g/mol. The van der Waals surface area contributed by atoms with E-state index in [4.69, 9.17) is 10.5 Å². The van der Waals surface area contributed by atoms with Gasteiger partial charge in [-0.05, 0) is 42.5 Å². The van der Waals surface area contributed by atoms with Crippen LogP contribution in [-0.4, -0.2) is 33.3 Å². The smallest absolute Gasteiger partial charge is 0.119 e. The lowest BCUT2D eigenvalue weighted by molar-refractivity contribution is 0.415. The zero-order valence-corrected chi connectivity index (χ0v) is 14.2. The first-order valence-electron chi connectivity index (χ1n) is 7.36. The Hall–Kier alpha value is -1.88. The Labute approximate surface area is 139 Å². The summed E-state index contributed by atoms with van der Waals surface area (Å²) in [4.78, 5) is 4.74. The fourth-order valence-corrected chi connectivity index (χ4v) is 3.19. The maximum Gasteiger partial charge on any atom is 0.119 e. The third-order valence-electron chi connectivity index (χ3n) is 4.05. The van der Waals surface area contributed by atoms with Crippen LogP contribution in [0.1, 0.15) is 0 Å². The van der Waals surface area contributed by atoms with Crippen molar-refractivity contribution in [1.82, 2.24) is 0 Å². The number of rotatable bonds is 3. The molecule has 0 atom stereocenters. The average molecular weight is 362 g/mol. The Balaban J connectivity index is 1.66. The summed E-state index contributed by atoms with van der Waals surface area (Å²) in [6.45, 7) is 3.92. The van der Waals surface area contributed by atoms with E-state index >= 15 is 0 Å². The van der Waals surface area contributed by atoms with Crippen molar-refractivity contribution in [3.8, 4) is 5.75 Å². The molecule has 0 unspecified atom stereocenters. The van der Waals surface area contributed by atoms with E-state index in [1.54, 1.807) is 7.11 Å². The van der Waals surface area contributed by atoms with Gasteiger partial charge in [0.25, 0.3) is 0 Å². The molecule has 1 fully saturated rings. The normalized spacial score (nSPS) is 15.0. The molecule has 3 rings (SSSR count). The Bertz CT molecular complexity index is 637. The number of anilines is 3. The van der Waals surface area contributed by atoms with E-state index < -0.39 is 0 Å². The fraction of sp³-hybridized carbons (Fsp3) is 0.294. The topological polar surface area (TPSA) is 41.7 Å². The molecule has 1 aliphatic heterocycles. The molecule has 4 nitrogen and oxygen atoms in total. The second-order valence-electron chi connectivity index (χ2n) is 5.38. The van der Waals surface area contributed by atoms with Gasteiger partial charge in [0, 0.05) is 36.3 Å². The van der Waals surface area contributed by atoms with Crippen LogP contribution in [0.4, 0.5) is 17.1 Å². The highest BCUT2D eigenvalue weighted by Gasteiger charge is 2.19. The third kappa shape index (κ3) is 3.14. The molecule has 0 saturated carbocycles. The summed E-state index contributed by atoms with van der Waals surface area (Å²) in [5, 5.41) is 0. The summed E-state index contributed by atoms with van der Waals surface area (Å²) < 4.78 is 6.23. The SMILES string of the molecule is COc1ccc(N2CCN(c3ccc(Br)cc3N)CC2)cc1. The summed E-state index contributed by atoms with van der Waals surface area (Å²) >= 11 is 3.46. The van der Waals surface area contributed by atoms with Crippen LogP contribution < -0.4 is 20.3 Å². The second-order valence-corrected chi connectivity index (χ2v) is 6.29. The van der Waals surface area contributed by atoms with E-state index in [0.717, 1.165) is 47.8 Å². The number of nitrogen functional groups attached to an aromatic ring is 1. The van der Waals surface area contributed by atoms with Crippen molar-refractivity contribution in [2.75, 3.05) is 48.8 Å². The van der Waals surface area contributed by atoms with Crippen LogP contribution in [-0.2, 0) is 0 Å². The van der Waals surface area contributed by atoms with E-state index in [1.165, 1.54) is 5.69 Å². The molecule has 2 N–H and O–H groups in total. The van der Waals surface area contributed by atoms with E-state index in [1.807, 2.05) is 24.3 Å². The molecular formula is C17H20BrN3O. The standard InChI is InChI=1S/C17H20BrN3O/c1-22-15-5-3-14(4-6-15)20-8-10-21(11-9-20)17-7-2-13(18)12-16(17)19/h2-7,12H,8-11,19H2,1H3. The van der Waals surface area contributed by atoms with Crippen LogP contribution in [0.2, 0.25) is 0 Å². The maximum absolute atomic E-state index is 6.13. The van der Waals surface area contributed by atoms with Gasteiger partial charge in [-0.1, -0.05) is 15.9 Å². The maximum atomic E-state index is 6.13. The molecule has 1 heterocycles. The fourth-order valence-electron chi connectivity index (χ4n) is 2.81. The van der Waals surface area contributed by atoms with Gasteiger partial charge in [0.05, 0.1) is 18.5 Å². The Morgan fingerprint density at radius 2 is 1.59 bits per heavy atom. The van der Waals surface area contributed by atoms with Crippen molar-refractivity contribution in [3.63, 3.8) is 0 Å². The lowest BCUT2D eigenvalue weighted by Crippen LogP contribution is -2.46. The Morgan fingerprint density at radius 1 is 0.955 bits per heavy atom. The summed E-state index contributed by atoms with van der Waals surface area (Å²) in [6, 6.07) is 14.3. The molecule has 0 radical (unpaired) electrons. The predicted octanol–water partition coefficient (Wildman–Crippen LogP) is 3.37. The zero-order valence-electron chi connectivity index (χ0n) is 12.6. The van der Waals surface area contributed by atoms with Crippen LogP contribution in [0.3, 0.4) is 0 Å². The highest BCUT2D eigenvalue weighted by Crippen LogP contribution is 2.28. The molecule has 1 saturated heterocycles. The number of nitrogens with two attached hydrogens (primary N) is 1. The lowest BCUT2D eigenvalue weighted by atomic mass is 10.2. The van der Waals surface area contributed by atoms with Crippen LogP contribution in [0, 0.1) is 0 Å². The molecule has 0 amide bonds. The first-order valence-corrected chi connectivity index (χ1v) is 8.15. The molecule has 116 valence electrons. The first-order chi connectivity index (χ1) is 10.7. The van der Waals surface area contributed by atoms with Crippen molar-refractivity contribution in [3.05, 3.63) is 46.9 Å². The van der Waals surface area contributed by atoms with E-state index in [2.05, 4.69) is 43.9 Å². The quantitative estimate of drug-likeness (QED) is 0.851.